The van der Waals surface area contributed by atoms with E-state index >= 15 is 0 Å². The van der Waals surface area contributed by atoms with Crippen molar-refractivity contribution < 1.29 is 9.59 Å². The minimum Gasteiger partial charge on any atom is -0.290 e. The Labute approximate surface area is 140 Å². The fourth-order valence-corrected chi connectivity index (χ4v) is 2.02. The van der Waals surface area contributed by atoms with Gasteiger partial charge in [-0.15, -0.1) is 0 Å². The minimum atomic E-state index is -0.696. The van der Waals surface area contributed by atoms with Gasteiger partial charge < -0.3 is 0 Å². The summed E-state index contributed by atoms with van der Waals surface area (Å²) in [6, 6.07) is 6.41. The Bertz CT molecular complexity index is 696. The summed E-state index contributed by atoms with van der Waals surface area (Å²) in [6.07, 6.45) is 4.30. The molecule has 6 nitrogen and oxygen atoms in total. The number of imide groups is 1. The molecule has 0 saturated heterocycles. The zero-order valence-corrected chi connectivity index (χ0v) is 14.0. The van der Waals surface area contributed by atoms with Gasteiger partial charge in [-0.3, -0.25) is 15.1 Å². The number of urea groups is 1. The first kappa shape index (κ1) is 17.0. The molecule has 0 aliphatic rings. The van der Waals surface area contributed by atoms with Gasteiger partial charge in [-0.1, -0.05) is 45.7 Å². The normalized spacial score (nSPS) is 11.0. The Kier molecular flexibility index (Phi) is 5.00. The molecule has 0 unspecified atom stereocenters. The predicted molar refractivity (Wildman–Crippen MR) is 91.3 cm³/mol. The van der Waals surface area contributed by atoms with Gasteiger partial charge in [-0.25, -0.2) is 14.1 Å². The molecule has 1 aromatic heterocycles. The van der Waals surface area contributed by atoms with Gasteiger partial charge in [0.25, 0.3) is 5.91 Å². The summed E-state index contributed by atoms with van der Waals surface area (Å²) in [7, 11) is 0. The van der Waals surface area contributed by atoms with Crippen molar-refractivity contribution in [2.45, 2.75) is 26.2 Å². The van der Waals surface area contributed by atoms with Crippen LogP contribution in [0.15, 0.2) is 42.9 Å². The summed E-state index contributed by atoms with van der Waals surface area (Å²) < 4.78 is 0.709. The quantitative estimate of drug-likeness (QED) is 0.829. The van der Waals surface area contributed by atoms with E-state index in [0.717, 1.165) is 5.56 Å². The molecular formula is C16H18N4O2S. The minimum absolute atomic E-state index is 0.00835. The number of benzene rings is 1. The SMILES string of the molecule is CC(C)(C)c1ccc(C(=O)N(S)C(=O)Nc2cnccn2)cc1. The highest BCUT2D eigenvalue weighted by molar-refractivity contribution is 7.79. The first-order chi connectivity index (χ1) is 10.8. The number of rotatable bonds is 2. The van der Waals surface area contributed by atoms with Crippen molar-refractivity contribution in [3.05, 3.63) is 54.0 Å². The molecule has 0 fully saturated rings. The number of hydrogen-bond donors (Lipinski definition) is 2. The van der Waals surface area contributed by atoms with Gasteiger partial charge in [0.2, 0.25) is 0 Å². The van der Waals surface area contributed by atoms with Crippen molar-refractivity contribution in [3.63, 3.8) is 0 Å². The second kappa shape index (κ2) is 6.78. The smallest absolute Gasteiger partial charge is 0.290 e. The molecule has 2 aromatic rings. The van der Waals surface area contributed by atoms with Crippen molar-refractivity contribution in [2.24, 2.45) is 0 Å². The first-order valence-corrected chi connectivity index (χ1v) is 7.40. The highest BCUT2D eigenvalue weighted by Gasteiger charge is 2.21. The maximum absolute atomic E-state index is 12.3. The predicted octanol–water partition coefficient (Wildman–Crippen LogP) is 3.29. The summed E-state index contributed by atoms with van der Waals surface area (Å²) >= 11 is 3.97. The summed E-state index contributed by atoms with van der Waals surface area (Å²) in [4.78, 5) is 32.0. The Hall–Kier alpha value is -2.41. The molecule has 0 bridgehead atoms. The number of amides is 3. The van der Waals surface area contributed by atoms with E-state index < -0.39 is 11.9 Å². The Morgan fingerprint density at radius 2 is 1.78 bits per heavy atom. The molecule has 0 saturated carbocycles. The Morgan fingerprint density at radius 1 is 1.13 bits per heavy atom. The maximum Gasteiger partial charge on any atom is 0.340 e. The van der Waals surface area contributed by atoms with E-state index in [2.05, 4.69) is 48.9 Å². The monoisotopic (exact) mass is 330 g/mol. The lowest BCUT2D eigenvalue weighted by Gasteiger charge is -2.19. The third-order valence-corrected chi connectivity index (χ3v) is 3.54. The Morgan fingerprint density at radius 3 is 2.30 bits per heavy atom. The fourth-order valence-electron chi connectivity index (χ4n) is 1.85. The molecule has 3 amide bonds. The Balaban J connectivity index is 2.08. The van der Waals surface area contributed by atoms with Crippen molar-refractivity contribution in [1.82, 2.24) is 14.3 Å². The highest BCUT2D eigenvalue weighted by Crippen LogP contribution is 2.22. The van der Waals surface area contributed by atoms with Crippen LogP contribution >= 0.6 is 12.8 Å². The van der Waals surface area contributed by atoms with Crippen LogP contribution < -0.4 is 5.32 Å². The first-order valence-electron chi connectivity index (χ1n) is 7.00. The molecule has 0 atom stereocenters. The lowest BCUT2D eigenvalue weighted by Crippen LogP contribution is -2.33. The number of nitrogens with one attached hydrogen (secondary N) is 1. The van der Waals surface area contributed by atoms with Crippen LogP contribution in [-0.2, 0) is 5.41 Å². The number of aromatic nitrogens is 2. The van der Waals surface area contributed by atoms with Crippen LogP contribution in [0.5, 0.6) is 0 Å². The zero-order valence-electron chi connectivity index (χ0n) is 13.1. The van der Waals surface area contributed by atoms with E-state index in [-0.39, 0.29) is 11.2 Å². The lowest BCUT2D eigenvalue weighted by atomic mass is 9.87. The molecule has 1 N–H and O–H groups in total. The van der Waals surface area contributed by atoms with Gasteiger partial charge in [0.1, 0.15) is 0 Å². The maximum atomic E-state index is 12.3. The largest absolute Gasteiger partial charge is 0.340 e. The van der Waals surface area contributed by atoms with E-state index in [1.165, 1.54) is 18.6 Å². The van der Waals surface area contributed by atoms with E-state index in [1.807, 2.05) is 12.1 Å². The highest BCUT2D eigenvalue weighted by atomic mass is 32.1. The molecule has 23 heavy (non-hydrogen) atoms. The molecule has 120 valence electrons. The lowest BCUT2D eigenvalue weighted by molar-refractivity contribution is 0.0901. The average molecular weight is 330 g/mol. The molecule has 0 spiro atoms. The van der Waals surface area contributed by atoms with Gasteiger partial charge in [-0.05, 0) is 23.1 Å². The van der Waals surface area contributed by atoms with Crippen molar-refractivity contribution in [3.8, 4) is 0 Å². The molecular weight excluding hydrogens is 312 g/mol. The second-order valence-electron chi connectivity index (χ2n) is 5.97. The molecule has 2 rings (SSSR count). The second-order valence-corrected chi connectivity index (χ2v) is 6.37. The van der Waals surface area contributed by atoms with Crippen LogP contribution in [0.4, 0.5) is 10.6 Å². The van der Waals surface area contributed by atoms with Crippen LogP contribution in [0.1, 0.15) is 36.7 Å². The average Bonchev–Trinajstić information content (AvgIpc) is 2.53. The van der Waals surface area contributed by atoms with Crippen molar-refractivity contribution >= 4 is 30.6 Å². The van der Waals surface area contributed by atoms with Gasteiger partial charge in [0, 0.05) is 18.0 Å². The van der Waals surface area contributed by atoms with Crippen LogP contribution in [-0.4, -0.2) is 26.2 Å². The number of thiol groups is 1. The molecule has 7 heteroatoms. The van der Waals surface area contributed by atoms with Crippen molar-refractivity contribution in [1.29, 1.82) is 0 Å². The summed E-state index contributed by atoms with van der Waals surface area (Å²) in [5, 5.41) is 2.44. The topological polar surface area (TPSA) is 75.2 Å². The standard InChI is InChI=1S/C16H18N4O2S/c1-16(2,3)12-6-4-11(5-7-12)14(21)20(23)15(22)19-13-10-17-8-9-18-13/h4-10,23H,1-3H3,(H,18,19,22). The number of anilines is 1. The van der Waals surface area contributed by atoms with Gasteiger partial charge in [-0.2, -0.15) is 0 Å². The summed E-state index contributed by atoms with van der Waals surface area (Å²) in [5.41, 5.74) is 1.47. The van der Waals surface area contributed by atoms with Gasteiger partial charge >= 0.3 is 6.03 Å². The number of carbonyl (C=O) groups is 2. The number of carbonyl (C=O) groups excluding carboxylic acids is 2. The van der Waals surface area contributed by atoms with E-state index in [0.29, 0.717) is 9.87 Å². The molecule has 0 radical (unpaired) electrons. The number of nitrogens with zero attached hydrogens (tertiary/aromatic N) is 3. The van der Waals surface area contributed by atoms with Crippen LogP contribution in [0.2, 0.25) is 0 Å². The van der Waals surface area contributed by atoms with Gasteiger partial charge in [0.15, 0.2) is 5.82 Å². The fraction of sp³-hybridized carbons (Fsp3) is 0.250. The van der Waals surface area contributed by atoms with E-state index in [4.69, 9.17) is 0 Å². The van der Waals surface area contributed by atoms with Crippen LogP contribution in [0.25, 0.3) is 0 Å². The molecule has 1 aromatic carbocycles. The summed E-state index contributed by atoms with van der Waals surface area (Å²) in [6.45, 7) is 6.26. The third-order valence-electron chi connectivity index (χ3n) is 3.18. The number of hydrogen-bond acceptors (Lipinski definition) is 5. The van der Waals surface area contributed by atoms with Crippen LogP contribution in [0.3, 0.4) is 0 Å². The molecule has 0 aliphatic heterocycles. The molecule has 0 aliphatic carbocycles. The van der Waals surface area contributed by atoms with Crippen molar-refractivity contribution in [2.75, 3.05) is 5.32 Å². The van der Waals surface area contributed by atoms with Crippen LogP contribution in [0, 0.1) is 0 Å². The third kappa shape index (κ3) is 4.29. The summed E-state index contributed by atoms with van der Waals surface area (Å²) in [5.74, 6) is -0.275. The van der Waals surface area contributed by atoms with Gasteiger partial charge in [0.05, 0.1) is 6.20 Å². The van der Waals surface area contributed by atoms with E-state index in [9.17, 15) is 9.59 Å². The van der Waals surface area contributed by atoms with E-state index in [1.54, 1.807) is 12.1 Å². The zero-order chi connectivity index (χ0) is 17.0. The molecule has 1 heterocycles.